The highest BCUT2D eigenvalue weighted by atomic mass is 79.9. The van der Waals surface area contributed by atoms with Crippen LogP contribution in [0.4, 0.5) is 8.78 Å². The van der Waals surface area contributed by atoms with E-state index < -0.39 is 12.0 Å². The molecule has 1 fully saturated rings. The molecule has 17 heavy (non-hydrogen) atoms. The maximum Gasteiger partial charge on any atom is 0.256 e. The van der Waals surface area contributed by atoms with Crippen LogP contribution < -0.4 is 0 Å². The van der Waals surface area contributed by atoms with Crippen LogP contribution in [-0.2, 0) is 0 Å². The number of benzene rings is 1. The van der Waals surface area contributed by atoms with Gasteiger partial charge in [0.25, 0.3) is 5.91 Å². The van der Waals surface area contributed by atoms with Gasteiger partial charge in [-0.1, -0.05) is 6.07 Å². The first-order valence-corrected chi connectivity index (χ1v) is 6.26. The molecule has 1 aromatic rings. The fourth-order valence-corrected chi connectivity index (χ4v) is 2.26. The number of rotatable bonds is 1. The average Bonchev–Trinajstić information content (AvgIpc) is 2.33. The van der Waals surface area contributed by atoms with Gasteiger partial charge in [0.2, 0.25) is 0 Å². The first kappa shape index (κ1) is 12.5. The molecule has 1 saturated heterocycles. The molecule has 1 aliphatic rings. The number of amides is 1. The Balaban J connectivity index is 2.17. The lowest BCUT2D eigenvalue weighted by molar-refractivity contribution is 0.0662. The van der Waals surface area contributed by atoms with Gasteiger partial charge in [0, 0.05) is 13.1 Å². The van der Waals surface area contributed by atoms with E-state index in [-0.39, 0.29) is 15.9 Å². The van der Waals surface area contributed by atoms with Crippen molar-refractivity contribution < 1.29 is 13.6 Å². The molecule has 2 nitrogen and oxygen atoms in total. The van der Waals surface area contributed by atoms with Crippen LogP contribution >= 0.6 is 15.9 Å². The predicted octanol–water partition coefficient (Wildman–Crippen LogP) is 3.16. The molecular formula is C12H12BrF2NO. The van der Waals surface area contributed by atoms with E-state index in [0.29, 0.717) is 25.9 Å². The smallest absolute Gasteiger partial charge is 0.256 e. The summed E-state index contributed by atoms with van der Waals surface area (Å²) < 4.78 is 26.9. The van der Waals surface area contributed by atoms with Gasteiger partial charge in [-0.3, -0.25) is 4.79 Å². The minimum atomic E-state index is -0.841. The Morgan fingerprint density at radius 3 is 2.65 bits per heavy atom. The largest absolute Gasteiger partial charge is 0.338 e. The highest BCUT2D eigenvalue weighted by Crippen LogP contribution is 2.22. The Hall–Kier alpha value is -0.970. The van der Waals surface area contributed by atoms with Crippen molar-refractivity contribution in [1.29, 1.82) is 0 Å². The van der Waals surface area contributed by atoms with Gasteiger partial charge in [-0.25, -0.2) is 8.78 Å². The Labute approximate surface area is 107 Å². The Kier molecular flexibility index (Phi) is 3.76. The predicted molar refractivity (Wildman–Crippen MR) is 64.1 cm³/mol. The van der Waals surface area contributed by atoms with Crippen molar-refractivity contribution in [1.82, 2.24) is 4.90 Å². The number of hydrogen-bond acceptors (Lipinski definition) is 1. The summed E-state index contributed by atoms with van der Waals surface area (Å²) in [5, 5.41) is 0. The fraction of sp³-hybridized carbons (Fsp3) is 0.417. The second-order valence-corrected chi connectivity index (χ2v) is 4.92. The van der Waals surface area contributed by atoms with Crippen LogP contribution in [0.15, 0.2) is 22.7 Å². The standard InChI is InChI=1S/C12H12BrF2NO/c13-10-3-1-2-9(11(10)15)12(17)16-6-4-8(14)5-7-16/h1-3,8H,4-7H2. The van der Waals surface area contributed by atoms with Gasteiger partial charge in [0.1, 0.15) is 12.0 Å². The average molecular weight is 304 g/mol. The third-order valence-electron chi connectivity index (χ3n) is 2.89. The molecular weight excluding hydrogens is 292 g/mol. The molecule has 1 aliphatic heterocycles. The molecule has 1 aromatic carbocycles. The maximum atomic E-state index is 13.7. The van der Waals surface area contributed by atoms with Crippen LogP contribution in [-0.4, -0.2) is 30.1 Å². The molecule has 0 N–H and O–H groups in total. The zero-order chi connectivity index (χ0) is 12.4. The molecule has 5 heteroatoms. The van der Waals surface area contributed by atoms with Crippen molar-refractivity contribution in [3.05, 3.63) is 34.1 Å². The molecule has 0 radical (unpaired) electrons. The zero-order valence-electron chi connectivity index (χ0n) is 9.13. The molecule has 0 aliphatic carbocycles. The molecule has 2 rings (SSSR count). The first-order chi connectivity index (χ1) is 8.09. The second kappa shape index (κ2) is 5.12. The van der Waals surface area contributed by atoms with Gasteiger partial charge in [0.15, 0.2) is 0 Å². The number of alkyl halides is 1. The van der Waals surface area contributed by atoms with Crippen LogP contribution in [0.1, 0.15) is 23.2 Å². The topological polar surface area (TPSA) is 20.3 Å². The second-order valence-electron chi connectivity index (χ2n) is 4.07. The molecule has 1 amide bonds. The van der Waals surface area contributed by atoms with E-state index in [1.807, 2.05) is 0 Å². The number of carbonyl (C=O) groups is 1. The van der Waals surface area contributed by atoms with Crippen molar-refractivity contribution in [2.75, 3.05) is 13.1 Å². The van der Waals surface area contributed by atoms with Gasteiger partial charge in [0.05, 0.1) is 10.0 Å². The number of halogens is 3. The highest BCUT2D eigenvalue weighted by Gasteiger charge is 2.25. The lowest BCUT2D eigenvalue weighted by atomic mass is 10.1. The number of piperidine rings is 1. The molecule has 92 valence electrons. The molecule has 0 unspecified atom stereocenters. The van der Waals surface area contributed by atoms with Gasteiger partial charge in [-0.05, 0) is 40.9 Å². The summed E-state index contributed by atoms with van der Waals surface area (Å²) in [7, 11) is 0. The number of likely N-dealkylation sites (tertiary alicyclic amines) is 1. The molecule has 0 aromatic heterocycles. The van der Waals surface area contributed by atoms with E-state index >= 15 is 0 Å². The molecule has 0 bridgehead atoms. The Bertz CT molecular complexity index is 431. The van der Waals surface area contributed by atoms with E-state index in [2.05, 4.69) is 15.9 Å². The van der Waals surface area contributed by atoms with Crippen molar-refractivity contribution >= 4 is 21.8 Å². The quantitative estimate of drug-likeness (QED) is 0.780. The van der Waals surface area contributed by atoms with E-state index in [4.69, 9.17) is 0 Å². The van der Waals surface area contributed by atoms with Crippen LogP contribution in [0.25, 0.3) is 0 Å². The van der Waals surface area contributed by atoms with Crippen molar-refractivity contribution in [2.45, 2.75) is 19.0 Å². The maximum absolute atomic E-state index is 13.7. The van der Waals surface area contributed by atoms with E-state index in [1.54, 1.807) is 12.1 Å². The third kappa shape index (κ3) is 2.65. The zero-order valence-corrected chi connectivity index (χ0v) is 10.7. The number of carbonyl (C=O) groups excluding carboxylic acids is 1. The van der Waals surface area contributed by atoms with E-state index in [0.717, 1.165) is 0 Å². The summed E-state index contributed by atoms with van der Waals surface area (Å²) in [6.07, 6.45) is -0.172. The molecule has 0 saturated carbocycles. The summed E-state index contributed by atoms with van der Waals surface area (Å²) in [4.78, 5) is 13.5. The number of nitrogens with zero attached hydrogens (tertiary/aromatic N) is 1. The van der Waals surface area contributed by atoms with Gasteiger partial charge >= 0.3 is 0 Å². The number of hydrogen-bond donors (Lipinski definition) is 0. The van der Waals surface area contributed by atoms with Crippen molar-refractivity contribution in [3.63, 3.8) is 0 Å². The van der Waals surface area contributed by atoms with Crippen LogP contribution in [0.5, 0.6) is 0 Å². The van der Waals surface area contributed by atoms with E-state index in [1.165, 1.54) is 11.0 Å². The summed E-state index contributed by atoms with van der Waals surface area (Å²) in [5.74, 6) is -0.921. The SMILES string of the molecule is O=C(c1cccc(Br)c1F)N1CCC(F)CC1. The van der Waals surface area contributed by atoms with Gasteiger partial charge in [-0.2, -0.15) is 0 Å². The van der Waals surface area contributed by atoms with Crippen molar-refractivity contribution in [2.24, 2.45) is 0 Å². The first-order valence-electron chi connectivity index (χ1n) is 5.47. The Morgan fingerprint density at radius 1 is 1.35 bits per heavy atom. The lowest BCUT2D eigenvalue weighted by Gasteiger charge is -2.28. The normalized spacial score (nSPS) is 17.2. The lowest BCUT2D eigenvalue weighted by Crippen LogP contribution is -2.39. The minimum Gasteiger partial charge on any atom is -0.338 e. The van der Waals surface area contributed by atoms with E-state index in [9.17, 15) is 13.6 Å². The van der Waals surface area contributed by atoms with Crippen LogP contribution in [0, 0.1) is 5.82 Å². The van der Waals surface area contributed by atoms with Gasteiger partial charge < -0.3 is 4.90 Å². The minimum absolute atomic E-state index is 0.0386. The molecule has 0 atom stereocenters. The van der Waals surface area contributed by atoms with Gasteiger partial charge in [-0.15, -0.1) is 0 Å². The molecule has 1 heterocycles. The summed E-state index contributed by atoms with van der Waals surface area (Å²) >= 11 is 3.04. The third-order valence-corrected chi connectivity index (χ3v) is 3.51. The fourth-order valence-electron chi connectivity index (χ4n) is 1.89. The highest BCUT2D eigenvalue weighted by molar-refractivity contribution is 9.10. The van der Waals surface area contributed by atoms with Crippen LogP contribution in [0.2, 0.25) is 0 Å². The summed E-state index contributed by atoms with van der Waals surface area (Å²) in [6.45, 7) is 0.706. The molecule has 0 spiro atoms. The summed E-state index contributed by atoms with van der Waals surface area (Å²) in [5.41, 5.74) is 0.0386. The van der Waals surface area contributed by atoms with Crippen molar-refractivity contribution in [3.8, 4) is 0 Å². The summed E-state index contributed by atoms with van der Waals surface area (Å²) in [6, 6.07) is 4.60. The Morgan fingerprint density at radius 2 is 2.00 bits per heavy atom. The monoisotopic (exact) mass is 303 g/mol. The van der Waals surface area contributed by atoms with Crippen LogP contribution in [0.3, 0.4) is 0 Å².